The summed E-state index contributed by atoms with van der Waals surface area (Å²) in [5.74, 6) is 0.715. The molecule has 8 heteroatoms. The molecule has 0 N–H and O–H groups in total. The molecule has 0 aliphatic rings. The molecular weight excluding hydrogens is 352 g/mol. The van der Waals surface area contributed by atoms with Crippen LogP contribution in [-0.2, 0) is 28.6 Å². The summed E-state index contributed by atoms with van der Waals surface area (Å²) in [5, 5.41) is 0. The first-order valence-electron chi connectivity index (χ1n) is 8.43. The van der Waals surface area contributed by atoms with E-state index in [1.165, 1.54) is 0 Å². The van der Waals surface area contributed by atoms with Crippen molar-refractivity contribution in [3.63, 3.8) is 0 Å². The first-order valence-corrected chi connectivity index (χ1v) is 11.6. The Labute approximate surface area is 147 Å². The van der Waals surface area contributed by atoms with Gasteiger partial charge >= 0.3 is 0 Å². The van der Waals surface area contributed by atoms with Crippen LogP contribution in [0.4, 0.5) is 0 Å². The van der Waals surface area contributed by atoms with Crippen LogP contribution in [0.1, 0.15) is 53.4 Å². The van der Waals surface area contributed by atoms with E-state index in [0.29, 0.717) is 37.5 Å². The summed E-state index contributed by atoms with van der Waals surface area (Å²) in [4.78, 5) is 0. The highest BCUT2D eigenvalue weighted by Crippen LogP contribution is 2.06. The van der Waals surface area contributed by atoms with E-state index in [-0.39, 0.29) is 24.7 Å². The summed E-state index contributed by atoms with van der Waals surface area (Å²) in [6.45, 7) is 8.05. The van der Waals surface area contributed by atoms with Crippen molar-refractivity contribution >= 4 is 20.2 Å². The van der Waals surface area contributed by atoms with Gasteiger partial charge in [-0.15, -0.1) is 0 Å². The zero-order valence-corrected chi connectivity index (χ0v) is 16.9. The van der Waals surface area contributed by atoms with E-state index >= 15 is 0 Å². The van der Waals surface area contributed by atoms with Crippen molar-refractivity contribution in [3.8, 4) is 0 Å². The van der Waals surface area contributed by atoms with Gasteiger partial charge in [-0.05, 0) is 37.5 Å². The largest absolute Gasteiger partial charge is 0.270 e. The molecule has 0 radical (unpaired) electrons. The Morgan fingerprint density at radius 3 is 1.33 bits per heavy atom. The van der Waals surface area contributed by atoms with Crippen molar-refractivity contribution in [3.05, 3.63) is 12.2 Å². The van der Waals surface area contributed by atoms with Crippen molar-refractivity contribution in [2.24, 2.45) is 11.8 Å². The Kier molecular flexibility index (Phi) is 11.8. The maximum Gasteiger partial charge on any atom is 0.267 e. The van der Waals surface area contributed by atoms with Gasteiger partial charge in [0.1, 0.15) is 0 Å². The molecule has 0 aliphatic carbocycles. The van der Waals surface area contributed by atoms with E-state index < -0.39 is 20.2 Å². The van der Waals surface area contributed by atoms with Crippen LogP contribution in [0.2, 0.25) is 0 Å². The number of hydrogen-bond donors (Lipinski definition) is 0. The Morgan fingerprint density at radius 1 is 0.708 bits per heavy atom. The number of rotatable bonds is 14. The molecule has 0 heterocycles. The molecule has 0 amide bonds. The standard InChI is InChI=1S/C16H32O6S2/c1-15(2)9-13-23(17,18)21-11-7-5-6-8-12-22-24(19,20)14-10-16(3)4/h5-6,15-16H,7-14H2,1-4H3. The smallest absolute Gasteiger partial charge is 0.267 e. The summed E-state index contributed by atoms with van der Waals surface area (Å²) in [6.07, 6.45) is 5.62. The number of hydrogen-bond acceptors (Lipinski definition) is 6. The van der Waals surface area contributed by atoms with Gasteiger partial charge < -0.3 is 0 Å². The summed E-state index contributed by atoms with van der Waals surface area (Å²) in [5.41, 5.74) is 0. The zero-order valence-electron chi connectivity index (χ0n) is 15.2. The second-order valence-electron chi connectivity index (χ2n) is 6.58. The van der Waals surface area contributed by atoms with Crippen LogP contribution in [0.5, 0.6) is 0 Å². The maximum absolute atomic E-state index is 11.6. The van der Waals surface area contributed by atoms with Gasteiger partial charge in [0, 0.05) is 0 Å². The highest BCUT2D eigenvalue weighted by atomic mass is 32.2. The molecule has 0 saturated carbocycles. The van der Waals surface area contributed by atoms with Crippen LogP contribution in [0.3, 0.4) is 0 Å². The predicted octanol–water partition coefficient (Wildman–Crippen LogP) is 3.11. The van der Waals surface area contributed by atoms with Crippen molar-refractivity contribution in [2.75, 3.05) is 24.7 Å². The second-order valence-corrected chi connectivity index (χ2v) is 10.1. The lowest BCUT2D eigenvalue weighted by molar-refractivity contribution is 0.318. The third-order valence-electron chi connectivity index (χ3n) is 3.15. The van der Waals surface area contributed by atoms with E-state index in [0.717, 1.165) is 0 Å². The lowest BCUT2D eigenvalue weighted by atomic mass is 10.2. The molecule has 144 valence electrons. The normalized spacial score (nSPS) is 13.4. The summed E-state index contributed by atoms with van der Waals surface area (Å²) < 4.78 is 56.0. The zero-order chi connectivity index (χ0) is 18.6. The van der Waals surface area contributed by atoms with Gasteiger partial charge in [-0.1, -0.05) is 39.8 Å². The first kappa shape index (κ1) is 23.6. The summed E-state index contributed by atoms with van der Waals surface area (Å²) in [7, 11) is -6.89. The van der Waals surface area contributed by atoms with Crippen molar-refractivity contribution in [1.29, 1.82) is 0 Å². The average molecular weight is 385 g/mol. The molecule has 0 unspecified atom stereocenters. The van der Waals surface area contributed by atoms with Crippen LogP contribution in [-0.4, -0.2) is 41.6 Å². The minimum Gasteiger partial charge on any atom is -0.270 e. The quantitative estimate of drug-likeness (QED) is 0.260. The van der Waals surface area contributed by atoms with Gasteiger partial charge in [0.05, 0.1) is 24.7 Å². The van der Waals surface area contributed by atoms with Crippen molar-refractivity contribution in [2.45, 2.75) is 53.4 Å². The third-order valence-corrected chi connectivity index (χ3v) is 5.67. The van der Waals surface area contributed by atoms with Gasteiger partial charge in [-0.3, -0.25) is 8.37 Å². The minimum atomic E-state index is -3.44. The topological polar surface area (TPSA) is 86.7 Å². The van der Waals surface area contributed by atoms with Crippen molar-refractivity contribution < 1.29 is 25.2 Å². The maximum atomic E-state index is 11.6. The molecular formula is C16H32O6S2. The van der Waals surface area contributed by atoms with Gasteiger partial charge in [0.15, 0.2) is 0 Å². The Balaban J connectivity index is 3.80. The average Bonchev–Trinajstić information content (AvgIpc) is 2.46. The van der Waals surface area contributed by atoms with Gasteiger partial charge in [0.2, 0.25) is 0 Å². The van der Waals surface area contributed by atoms with Gasteiger partial charge in [-0.25, -0.2) is 0 Å². The molecule has 0 rings (SSSR count). The van der Waals surface area contributed by atoms with Crippen LogP contribution >= 0.6 is 0 Å². The Hall–Kier alpha value is -0.440. The minimum absolute atomic E-state index is 0.0382. The lowest BCUT2D eigenvalue weighted by Gasteiger charge is -2.06. The van der Waals surface area contributed by atoms with Crippen LogP contribution in [0.15, 0.2) is 12.2 Å². The molecule has 0 spiro atoms. The van der Waals surface area contributed by atoms with Crippen LogP contribution in [0, 0.1) is 11.8 Å². The SMILES string of the molecule is CC(C)CCS(=O)(=O)OCCC=CCCOS(=O)(=O)CCC(C)C. The molecule has 0 aliphatic heterocycles. The molecule has 0 saturated heterocycles. The van der Waals surface area contributed by atoms with Gasteiger partial charge in [-0.2, -0.15) is 16.8 Å². The van der Waals surface area contributed by atoms with Gasteiger partial charge in [0.25, 0.3) is 20.2 Å². The van der Waals surface area contributed by atoms with Crippen LogP contribution < -0.4 is 0 Å². The van der Waals surface area contributed by atoms with E-state index in [1.807, 2.05) is 27.7 Å². The Morgan fingerprint density at radius 2 is 1.04 bits per heavy atom. The summed E-state index contributed by atoms with van der Waals surface area (Å²) >= 11 is 0. The summed E-state index contributed by atoms with van der Waals surface area (Å²) in [6, 6.07) is 0. The fourth-order valence-corrected chi connectivity index (χ4v) is 4.06. The molecule has 6 nitrogen and oxygen atoms in total. The van der Waals surface area contributed by atoms with E-state index in [1.54, 1.807) is 12.2 Å². The molecule has 24 heavy (non-hydrogen) atoms. The van der Waals surface area contributed by atoms with Crippen LogP contribution in [0.25, 0.3) is 0 Å². The monoisotopic (exact) mass is 384 g/mol. The fraction of sp³-hybridized carbons (Fsp3) is 0.875. The molecule has 0 aromatic heterocycles. The third kappa shape index (κ3) is 15.1. The lowest BCUT2D eigenvalue weighted by Crippen LogP contribution is -2.13. The van der Waals surface area contributed by atoms with E-state index in [9.17, 15) is 16.8 Å². The highest BCUT2D eigenvalue weighted by molar-refractivity contribution is 7.86. The highest BCUT2D eigenvalue weighted by Gasteiger charge is 2.12. The molecule has 0 aromatic rings. The Bertz CT molecular complexity index is 497. The van der Waals surface area contributed by atoms with E-state index in [4.69, 9.17) is 8.37 Å². The molecule has 0 atom stereocenters. The molecule has 0 fully saturated rings. The predicted molar refractivity (Wildman–Crippen MR) is 96.8 cm³/mol. The first-order chi connectivity index (χ1) is 11.0. The van der Waals surface area contributed by atoms with E-state index in [2.05, 4.69) is 0 Å². The molecule has 0 bridgehead atoms. The fourth-order valence-electron chi connectivity index (χ4n) is 1.60. The van der Waals surface area contributed by atoms with Crippen molar-refractivity contribution in [1.82, 2.24) is 0 Å². The molecule has 0 aromatic carbocycles. The second kappa shape index (κ2) is 12.0.